The molecule has 34 heavy (non-hydrogen) atoms. The Balaban J connectivity index is 1.69. The van der Waals surface area contributed by atoms with Crippen LogP contribution in [0.3, 0.4) is 0 Å². The van der Waals surface area contributed by atoms with Crippen molar-refractivity contribution in [2.45, 2.75) is 6.04 Å². The quantitative estimate of drug-likeness (QED) is 0.281. The number of hydrogen-bond donors (Lipinski definition) is 0. The summed E-state index contributed by atoms with van der Waals surface area (Å²) in [5.74, 6) is 0.0280. The number of allylic oxidation sites excluding steroid dienone is 1. The zero-order chi connectivity index (χ0) is 23.1. The Morgan fingerprint density at radius 1 is 0.706 bits per heavy atom. The molecule has 6 rings (SSSR count). The fourth-order valence-corrected chi connectivity index (χ4v) is 5.14. The van der Waals surface area contributed by atoms with Gasteiger partial charge in [0.05, 0.1) is 17.3 Å². The molecule has 0 aliphatic carbocycles. The van der Waals surface area contributed by atoms with Crippen LogP contribution in [0.15, 0.2) is 121 Å². The number of rotatable bonds is 4. The second-order valence-electron chi connectivity index (χ2n) is 8.63. The van der Waals surface area contributed by atoms with Crippen molar-refractivity contribution in [3.63, 3.8) is 0 Å². The van der Waals surface area contributed by atoms with Crippen LogP contribution in [0, 0.1) is 0 Å². The van der Waals surface area contributed by atoms with Gasteiger partial charge in [0.25, 0.3) is 0 Å². The van der Waals surface area contributed by atoms with Gasteiger partial charge in [-0.25, -0.2) is 0 Å². The number of carbonyl (C=O) groups is 1. The molecule has 1 aliphatic rings. The lowest BCUT2D eigenvalue weighted by Crippen LogP contribution is -2.30. The Bertz CT molecular complexity index is 1520. The summed E-state index contributed by atoms with van der Waals surface area (Å²) in [4.78, 5) is 16.2. The molecule has 0 spiro atoms. The maximum atomic E-state index is 13.9. The fraction of sp³-hybridized carbons (Fsp3) is 0.0645. The second-order valence-corrected chi connectivity index (χ2v) is 8.63. The summed E-state index contributed by atoms with van der Waals surface area (Å²) in [6.45, 7) is 0. The molecule has 1 unspecified atom stereocenters. The number of carbonyl (C=O) groups excluding carboxylic acids is 1. The third-order valence-corrected chi connectivity index (χ3v) is 6.67. The molecule has 0 bridgehead atoms. The zero-order valence-electron chi connectivity index (χ0n) is 18.9. The zero-order valence-corrected chi connectivity index (χ0v) is 18.9. The Labute approximate surface area is 199 Å². The Hall–Kier alpha value is -4.37. The maximum absolute atomic E-state index is 13.9. The number of Topliss-reactive ketones (excluding diaryl/α,β-unsaturated/α-hetero) is 1. The molecular weight excluding hydrogens is 416 g/mol. The van der Waals surface area contributed by atoms with E-state index in [1.807, 2.05) is 60.8 Å². The molecule has 1 aromatic heterocycles. The molecule has 164 valence electrons. The van der Waals surface area contributed by atoms with Crippen molar-refractivity contribution in [3.8, 4) is 0 Å². The molecule has 1 atom stereocenters. The van der Waals surface area contributed by atoms with E-state index in [-0.39, 0.29) is 11.8 Å². The van der Waals surface area contributed by atoms with Crippen molar-refractivity contribution in [1.82, 2.24) is 4.57 Å². The van der Waals surface area contributed by atoms with Gasteiger partial charge in [0.2, 0.25) is 0 Å². The van der Waals surface area contributed by atoms with Crippen LogP contribution < -0.4 is 4.90 Å². The molecule has 0 amide bonds. The van der Waals surface area contributed by atoms with Gasteiger partial charge in [0.1, 0.15) is 0 Å². The van der Waals surface area contributed by atoms with Crippen molar-refractivity contribution in [1.29, 1.82) is 0 Å². The molecule has 0 saturated carbocycles. The van der Waals surface area contributed by atoms with Crippen molar-refractivity contribution in [3.05, 3.63) is 144 Å². The first-order valence-corrected chi connectivity index (χ1v) is 11.5. The van der Waals surface area contributed by atoms with E-state index in [0.717, 1.165) is 22.5 Å². The second kappa shape index (κ2) is 8.20. The summed E-state index contributed by atoms with van der Waals surface area (Å²) in [6, 6.07) is 38.8. The molecular formula is C31H24N2O. The largest absolute Gasteiger partial charge is 0.343 e. The minimum absolute atomic E-state index is 0.0280. The van der Waals surface area contributed by atoms with E-state index in [0.29, 0.717) is 11.1 Å². The van der Waals surface area contributed by atoms with E-state index in [4.69, 9.17) is 0 Å². The van der Waals surface area contributed by atoms with Crippen LogP contribution in [0.2, 0.25) is 0 Å². The summed E-state index contributed by atoms with van der Waals surface area (Å²) in [7, 11) is 2.06. The van der Waals surface area contributed by atoms with Crippen molar-refractivity contribution in [2.24, 2.45) is 7.05 Å². The van der Waals surface area contributed by atoms with Gasteiger partial charge in [-0.2, -0.15) is 0 Å². The Morgan fingerprint density at radius 3 is 2.00 bits per heavy atom. The maximum Gasteiger partial charge on any atom is 0.196 e. The van der Waals surface area contributed by atoms with Crippen LogP contribution in [0.1, 0.15) is 33.2 Å². The number of ketones is 1. The summed E-state index contributed by atoms with van der Waals surface area (Å²) in [6.07, 6.45) is 2.05. The van der Waals surface area contributed by atoms with Gasteiger partial charge in [0.15, 0.2) is 5.78 Å². The van der Waals surface area contributed by atoms with Gasteiger partial charge in [-0.3, -0.25) is 4.79 Å². The van der Waals surface area contributed by atoms with Gasteiger partial charge < -0.3 is 9.47 Å². The van der Waals surface area contributed by atoms with E-state index in [1.54, 1.807) is 0 Å². The van der Waals surface area contributed by atoms with Crippen molar-refractivity contribution in [2.75, 3.05) is 4.90 Å². The monoisotopic (exact) mass is 440 g/mol. The SMILES string of the molecule is Cn1c2c(c3ccccc31)C(c1ccccc1)N(c1ccccc1)C=C2C(=O)c1ccccc1. The van der Waals surface area contributed by atoms with E-state index >= 15 is 0 Å². The number of benzene rings is 4. The fourth-order valence-electron chi connectivity index (χ4n) is 5.14. The molecule has 2 heterocycles. The highest BCUT2D eigenvalue weighted by Gasteiger charge is 2.36. The lowest BCUT2D eigenvalue weighted by Gasteiger charge is -2.36. The first-order chi connectivity index (χ1) is 16.7. The van der Waals surface area contributed by atoms with Crippen LogP contribution in [-0.2, 0) is 7.05 Å². The van der Waals surface area contributed by atoms with Crippen LogP contribution in [0.25, 0.3) is 16.5 Å². The highest BCUT2D eigenvalue weighted by atomic mass is 16.1. The average Bonchev–Trinajstić information content (AvgIpc) is 3.21. The first kappa shape index (κ1) is 20.3. The normalized spacial score (nSPS) is 15.1. The van der Waals surface area contributed by atoms with Gasteiger partial charge in [-0.1, -0.05) is 97.1 Å². The average molecular weight is 441 g/mol. The van der Waals surface area contributed by atoms with Crippen molar-refractivity contribution < 1.29 is 4.79 Å². The number of fused-ring (bicyclic) bond motifs is 3. The number of aryl methyl sites for hydroxylation is 1. The Morgan fingerprint density at radius 2 is 1.29 bits per heavy atom. The first-order valence-electron chi connectivity index (χ1n) is 11.5. The van der Waals surface area contributed by atoms with Gasteiger partial charge in [-0.05, 0) is 23.8 Å². The third kappa shape index (κ3) is 3.17. The molecule has 1 aliphatic heterocycles. The molecule has 5 aromatic rings. The topological polar surface area (TPSA) is 25.2 Å². The Kier molecular flexibility index (Phi) is 4.88. The van der Waals surface area contributed by atoms with Crippen LogP contribution in [-0.4, -0.2) is 10.4 Å². The molecule has 0 radical (unpaired) electrons. The van der Waals surface area contributed by atoms with Gasteiger partial charge in [0, 0.05) is 41.0 Å². The van der Waals surface area contributed by atoms with Crippen molar-refractivity contribution >= 4 is 27.9 Å². The lowest BCUT2D eigenvalue weighted by atomic mass is 9.87. The lowest BCUT2D eigenvalue weighted by molar-refractivity contribution is 0.105. The number of hydrogen-bond acceptors (Lipinski definition) is 2. The smallest absolute Gasteiger partial charge is 0.196 e. The third-order valence-electron chi connectivity index (χ3n) is 6.67. The minimum atomic E-state index is -0.0583. The van der Waals surface area contributed by atoms with Gasteiger partial charge in [-0.15, -0.1) is 0 Å². The number of anilines is 1. The molecule has 0 N–H and O–H groups in total. The molecule has 3 heteroatoms. The van der Waals surface area contributed by atoms with E-state index < -0.39 is 0 Å². The molecule has 0 saturated heterocycles. The molecule has 4 aromatic carbocycles. The number of aromatic nitrogens is 1. The van der Waals surface area contributed by atoms with Crippen LogP contribution in [0.5, 0.6) is 0 Å². The predicted molar refractivity (Wildman–Crippen MR) is 139 cm³/mol. The standard InChI is InChI=1S/C31H24N2O/c1-32-27-20-12-11-19-25(27)28-29(22-13-5-2-6-14-22)33(24-17-9-4-10-18-24)21-26(30(28)32)31(34)23-15-7-3-8-16-23/h2-21,29H,1H3. The minimum Gasteiger partial charge on any atom is -0.343 e. The highest BCUT2D eigenvalue weighted by molar-refractivity contribution is 6.30. The van der Waals surface area contributed by atoms with Crippen LogP contribution in [0.4, 0.5) is 5.69 Å². The molecule has 0 fully saturated rings. The summed E-state index contributed by atoms with van der Waals surface area (Å²) in [5.41, 5.74) is 6.90. The van der Waals surface area contributed by atoms with Crippen LogP contribution >= 0.6 is 0 Å². The van der Waals surface area contributed by atoms with E-state index in [2.05, 4.69) is 77.2 Å². The number of para-hydroxylation sites is 2. The molecule has 3 nitrogen and oxygen atoms in total. The van der Waals surface area contributed by atoms with E-state index in [9.17, 15) is 4.79 Å². The van der Waals surface area contributed by atoms with Gasteiger partial charge >= 0.3 is 0 Å². The summed E-state index contributed by atoms with van der Waals surface area (Å²) >= 11 is 0. The van der Waals surface area contributed by atoms with E-state index in [1.165, 1.54) is 10.9 Å². The predicted octanol–water partition coefficient (Wildman–Crippen LogP) is 7.01. The highest BCUT2D eigenvalue weighted by Crippen LogP contribution is 2.46. The summed E-state index contributed by atoms with van der Waals surface area (Å²) in [5, 5.41) is 1.17. The number of nitrogens with zero attached hydrogens (tertiary/aromatic N) is 2. The summed E-state index contributed by atoms with van der Waals surface area (Å²) < 4.78 is 2.18.